The number of esters is 1. The van der Waals surface area contributed by atoms with Crippen molar-refractivity contribution in [2.45, 2.75) is 50.2 Å². The molecule has 1 N–H and O–H groups in total. The Bertz CT molecular complexity index is 700. The molecule has 5 rings (SSSR count). The first-order valence-electron chi connectivity index (χ1n) is 9.50. The zero-order valence-corrected chi connectivity index (χ0v) is 15.5. The van der Waals surface area contributed by atoms with Crippen LogP contribution in [0.15, 0.2) is 30.3 Å². The highest BCUT2D eigenvalue weighted by molar-refractivity contribution is 5.86. The van der Waals surface area contributed by atoms with Gasteiger partial charge in [-0.3, -0.25) is 9.59 Å². The monoisotopic (exact) mass is 357 g/mol. The number of amides is 1. The number of benzene rings is 1. The zero-order valence-electron chi connectivity index (χ0n) is 15.5. The van der Waals surface area contributed by atoms with E-state index >= 15 is 0 Å². The lowest BCUT2D eigenvalue weighted by Gasteiger charge is -2.58. The average Bonchev–Trinajstić information content (AvgIpc) is 2.57. The van der Waals surface area contributed by atoms with Crippen molar-refractivity contribution < 1.29 is 19.4 Å². The second-order valence-corrected chi connectivity index (χ2v) is 8.89. The van der Waals surface area contributed by atoms with Crippen LogP contribution in [-0.2, 0) is 14.3 Å². The molecule has 4 bridgehead atoms. The molecule has 4 aliphatic carbocycles. The van der Waals surface area contributed by atoms with Crippen LogP contribution in [0.5, 0.6) is 0 Å². The standard InChI is InChI=1S/C21H27NO4/c1-22(2)18(23)17(16-6-4-3-5-7-16)26-19(24)20-9-14-8-15(10-20)12-21(25,11-14)13-20/h3-7,14-15,17,25H,8-13H2,1-2H3. The Balaban J connectivity index is 1.60. The van der Waals surface area contributed by atoms with E-state index in [1.165, 1.54) is 4.90 Å². The topological polar surface area (TPSA) is 66.8 Å². The SMILES string of the molecule is CN(C)C(=O)C(OC(=O)C12CC3CC(CC(O)(C3)C1)C2)c1ccccc1. The highest BCUT2D eigenvalue weighted by Gasteiger charge is 2.61. The van der Waals surface area contributed by atoms with Crippen molar-refractivity contribution in [2.75, 3.05) is 14.1 Å². The van der Waals surface area contributed by atoms with Crippen LogP contribution in [0.25, 0.3) is 0 Å². The van der Waals surface area contributed by atoms with Gasteiger partial charge in [-0.1, -0.05) is 30.3 Å². The van der Waals surface area contributed by atoms with E-state index in [2.05, 4.69) is 0 Å². The summed E-state index contributed by atoms with van der Waals surface area (Å²) in [6.45, 7) is 0. The molecule has 3 atom stereocenters. The summed E-state index contributed by atoms with van der Waals surface area (Å²) in [7, 11) is 3.33. The minimum atomic E-state index is -0.929. The van der Waals surface area contributed by atoms with Gasteiger partial charge in [0.2, 0.25) is 6.10 Å². The maximum Gasteiger partial charge on any atom is 0.313 e. The van der Waals surface area contributed by atoms with Gasteiger partial charge in [-0.15, -0.1) is 0 Å². The van der Waals surface area contributed by atoms with E-state index in [0.717, 1.165) is 32.1 Å². The molecule has 1 amide bonds. The largest absolute Gasteiger partial charge is 0.447 e. The van der Waals surface area contributed by atoms with Gasteiger partial charge in [0.1, 0.15) is 0 Å². The molecule has 4 saturated carbocycles. The van der Waals surface area contributed by atoms with Crippen LogP contribution in [-0.4, -0.2) is 41.6 Å². The summed E-state index contributed by atoms with van der Waals surface area (Å²) in [5.74, 6) is 0.240. The van der Waals surface area contributed by atoms with Crippen LogP contribution in [0, 0.1) is 17.3 Å². The summed E-state index contributed by atoms with van der Waals surface area (Å²) in [5, 5.41) is 10.9. The number of hydrogen-bond donors (Lipinski definition) is 1. The van der Waals surface area contributed by atoms with Crippen molar-refractivity contribution in [3.05, 3.63) is 35.9 Å². The minimum Gasteiger partial charge on any atom is -0.447 e. The molecule has 5 nitrogen and oxygen atoms in total. The van der Waals surface area contributed by atoms with Gasteiger partial charge in [0.25, 0.3) is 5.91 Å². The summed E-state index contributed by atoms with van der Waals surface area (Å²) in [5.41, 5.74) is -0.669. The fraction of sp³-hybridized carbons (Fsp3) is 0.619. The van der Waals surface area contributed by atoms with E-state index in [0.29, 0.717) is 23.8 Å². The molecule has 0 saturated heterocycles. The molecule has 1 aromatic rings. The maximum atomic E-state index is 13.2. The molecule has 3 unspecified atom stereocenters. The number of carbonyl (C=O) groups is 2. The normalized spacial score (nSPS) is 35.8. The first-order chi connectivity index (χ1) is 12.3. The second kappa shape index (κ2) is 6.08. The molecule has 0 radical (unpaired) electrons. The predicted molar refractivity (Wildman–Crippen MR) is 96.0 cm³/mol. The van der Waals surface area contributed by atoms with Gasteiger partial charge < -0.3 is 14.7 Å². The van der Waals surface area contributed by atoms with Gasteiger partial charge in [0.05, 0.1) is 11.0 Å². The molecule has 0 spiro atoms. The molecule has 1 aromatic carbocycles. The molecule has 140 valence electrons. The third-order valence-corrected chi connectivity index (χ3v) is 6.46. The number of ether oxygens (including phenoxy) is 1. The molecule has 5 heteroatoms. The Morgan fingerprint density at radius 3 is 2.27 bits per heavy atom. The number of likely N-dealkylation sites (N-methyl/N-ethyl adjacent to an activating group) is 1. The fourth-order valence-corrected chi connectivity index (χ4v) is 5.81. The third kappa shape index (κ3) is 2.92. The Hall–Kier alpha value is -1.88. The number of rotatable bonds is 4. The first-order valence-corrected chi connectivity index (χ1v) is 9.50. The van der Waals surface area contributed by atoms with Gasteiger partial charge in [-0.2, -0.15) is 0 Å². The highest BCUT2D eigenvalue weighted by Crippen LogP contribution is 2.62. The minimum absolute atomic E-state index is 0.243. The van der Waals surface area contributed by atoms with Gasteiger partial charge in [-0.25, -0.2) is 0 Å². The van der Waals surface area contributed by atoms with E-state index in [1.807, 2.05) is 30.3 Å². The Morgan fingerprint density at radius 1 is 1.12 bits per heavy atom. The molecule has 4 fully saturated rings. The Labute approximate surface area is 154 Å². The van der Waals surface area contributed by atoms with Crippen molar-refractivity contribution in [1.29, 1.82) is 0 Å². The highest BCUT2D eigenvalue weighted by atomic mass is 16.5. The van der Waals surface area contributed by atoms with Gasteiger partial charge in [0.15, 0.2) is 0 Å². The smallest absolute Gasteiger partial charge is 0.313 e. The molecule has 4 aliphatic rings. The van der Waals surface area contributed by atoms with Crippen LogP contribution < -0.4 is 0 Å². The summed E-state index contributed by atoms with van der Waals surface area (Å²) in [6, 6.07) is 9.18. The lowest BCUT2D eigenvalue weighted by atomic mass is 9.48. The Morgan fingerprint density at radius 2 is 1.73 bits per heavy atom. The summed E-state index contributed by atoms with van der Waals surface area (Å²) >= 11 is 0. The average molecular weight is 357 g/mol. The van der Waals surface area contributed by atoms with Crippen LogP contribution in [0.2, 0.25) is 0 Å². The molecular formula is C21H27NO4. The number of carbonyl (C=O) groups excluding carboxylic acids is 2. The Kier molecular flexibility index (Phi) is 4.10. The van der Waals surface area contributed by atoms with Gasteiger partial charge >= 0.3 is 5.97 Å². The first kappa shape index (κ1) is 17.5. The molecule has 26 heavy (non-hydrogen) atoms. The van der Waals surface area contributed by atoms with Crippen molar-refractivity contribution in [2.24, 2.45) is 17.3 Å². The lowest BCUT2D eigenvalue weighted by Crippen LogP contribution is -2.58. The van der Waals surface area contributed by atoms with Crippen LogP contribution in [0.1, 0.15) is 50.2 Å². The van der Waals surface area contributed by atoms with Crippen molar-refractivity contribution in [3.63, 3.8) is 0 Å². The fourth-order valence-electron chi connectivity index (χ4n) is 5.81. The number of nitrogens with zero attached hydrogens (tertiary/aromatic N) is 1. The van der Waals surface area contributed by atoms with E-state index in [9.17, 15) is 14.7 Å². The van der Waals surface area contributed by atoms with E-state index in [-0.39, 0.29) is 11.9 Å². The zero-order chi connectivity index (χ0) is 18.5. The van der Waals surface area contributed by atoms with Gasteiger partial charge in [-0.05, 0) is 50.4 Å². The molecule has 0 aromatic heterocycles. The summed E-state index contributed by atoms with van der Waals surface area (Å²) < 4.78 is 5.85. The number of aliphatic hydroxyl groups is 1. The van der Waals surface area contributed by atoms with Crippen LogP contribution in [0.4, 0.5) is 0 Å². The van der Waals surface area contributed by atoms with Gasteiger partial charge in [0, 0.05) is 19.7 Å². The quantitative estimate of drug-likeness (QED) is 0.842. The van der Waals surface area contributed by atoms with Crippen molar-refractivity contribution >= 4 is 11.9 Å². The molecular weight excluding hydrogens is 330 g/mol. The number of hydrogen-bond acceptors (Lipinski definition) is 4. The predicted octanol–water partition coefficient (Wildman–Crippen LogP) is 2.69. The van der Waals surface area contributed by atoms with Crippen molar-refractivity contribution in [1.82, 2.24) is 4.90 Å². The maximum absolute atomic E-state index is 13.2. The molecule has 0 heterocycles. The van der Waals surface area contributed by atoms with E-state index < -0.39 is 17.1 Å². The van der Waals surface area contributed by atoms with Crippen LogP contribution >= 0.6 is 0 Å². The lowest BCUT2D eigenvalue weighted by molar-refractivity contribution is -0.201. The third-order valence-electron chi connectivity index (χ3n) is 6.46. The van der Waals surface area contributed by atoms with E-state index in [4.69, 9.17) is 4.74 Å². The molecule has 0 aliphatic heterocycles. The second-order valence-electron chi connectivity index (χ2n) is 8.89. The summed E-state index contributed by atoms with van der Waals surface area (Å²) in [6.07, 6.45) is 3.82. The van der Waals surface area contributed by atoms with Crippen LogP contribution in [0.3, 0.4) is 0 Å². The van der Waals surface area contributed by atoms with E-state index in [1.54, 1.807) is 14.1 Å². The summed E-state index contributed by atoms with van der Waals surface area (Å²) in [4.78, 5) is 27.4. The van der Waals surface area contributed by atoms with Crippen molar-refractivity contribution in [3.8, 4) is 0 Å².